The molecule has 0 radical (unpaired) electrons. The molecule has 0 fully saturated rings. The lowest BCUT2D eigenvalue weighted by molar-refractivity contribution is -0.130. The van der Waals surface area contributed by atoms with Crippen molar-refractivity contribution in [3.63, 3.8) is 0 Å². The maximum atomic E-state index is 11.7. The number of nitrogens with two attached hydrogens (primary N) is 1. The lowest BCUT2D eigenvalue weighted by atomic mass is 10.1. The molecule has 22 heavy (non-hydrogen) atoms. The van der Waals surface area contributed by atoms with Crippen LogP contribution in [0.25, 0.3) is 0 Å². The lowest BCUT2D eigenvalue weighted by Gasteiger charge is -2.19. The van der Waals surface area contributed by atoms with Crippen LogP contribution in [0, 0.1) is 0 Å². The Morgan fingerprint density at radius 2 is 1.68 bits per heavy atom. The van der Waals surface area contributed by atoms with Crippen molar-refractivity contribution in [3.05, 3.63) is 35.9 Å². The van der Waals surface area contributed by atoms with Crippen molar-refractivity contribution in [1.29, 1.82) is 0 Å². The highest BCUT2D eigenvalue weighted by Crippen LogP contribution is 2.11. The number of hydrogen-bond acceptors (Lipinski definition) is 5. The van der Waals surface area contributed by atoms with E-state index in [9.17, 15) is 24.6 Å². The molecule has 0 aliphatic heterocycles. The van der Waals surface area contributed by atoms with Crippen LogP contribution in [0.2, 0.25) is 0 Å². The SMILES string of the molecule is CC(O)C(NC(=O)NNC(=O)[C@H](O)c1ccccc1)C(N)=O. The third-order valence-corrected chi connectivity index (χ3v) is 2.74. The van der Waals surface area contributed by atoms with Gasteiger partial charge < -0.3 is 21.3 Å². The summed E-state index contributed by atoms with van der Waals surface area (Å²) in [7, 11) is 0. The molecule has 3 atom stereocenters. The van der Waals surface area contributed by atoms with Gasteiger partial charge in [-0.2, -0.15) is 0 Å². The van der Waals surface area contributed by atoms with E-state index in [4.69, 9.17) is 5.73 Å². The first-order valence-corrected chi connectivity index (χ1v) is 6.39. The van der Waals surface area contributed by atoms with Gasteiger partial charge in [0.05, 0.1) is 6.10 Å². The Morgan fingerprint density at radius 3 is 2.18 bits per heavy atom. The number of carbonyl (C=O) groups excluding carboxylic acids is 3. The second-order valence-corrected chi connectivity index (χ2v) is 4.52. The van der Waals surface area contributed by atoms with Crippen molar-refractivity contribution >= 4 is 17.8 Å². The highest BCUT2D eigenvalue weighted by atomic mass is 16.3. The van der Waals surface area contributed by atoms with Crippen LogP contribution in [0.4, 0.5) is 4.79 Å². The van der Waals surface area contributed by atoms with Gasteiger partial charge in [-0.05, 0) is 12.5 Å². The van der Waals surface area contributed by atoms with Crippen LogP contribution in [0.5, 0.6) is 0 Å². The third kappa shape index (κ3) is 5.04. The lowest BCUT2D eigenvalue weighted by Crippen LogP contribution is -2.56. The van der Waals surface area contributed by atoms with Gasteiger partial charge in [0.15, 0.2) is 6.10 Å². The summed E-state index contributed by atoms with van der Waals surface area (Å²) in [6.45, 7) is 1.27. The Labute approximate surface area is 126 Å². The Hall–Kier alpha value is -2.65. The van der Waals surface area contributed by atoms with Gasteiger partial charge >= 0.3 is 6.03 Å². The van der Waals surface area contributed by atoms with E-state index < -0.39 is 36.1 Å². The molecule has 2 unspecified atom stereocenters. The molecule has 0 aliphatic rings. The number of aliphatic hydroxyl groups is 2. The molecule has 9 nitrogen and oxygen atoms in total. The Bertz CT molecular complexity index is 534. The van der Waals surface area contributed by atoms with E-state index in [0.717, 1.165) is 0 Å². The molecule has 0 aliphatic carbocycles. The molecule has 9 heteroatoms. The predicted octanol–water partition coefficient (Wildman–Crippen LogP) is -1.71. The fourth-order valence-corrected chi connectivity index (χ4v) is 1.58. The molecule has 1 aromatic carbocycles. The number of hydrogen-bond donors (Lipinski definition) is 6. The molecule has 4 amide bonds. The number of urea groups is 1. The van der Waals surface area contributed by atoms with Gasteiger partial charge in [0, 0.05) is 0 Å². The summed E-state index contributed by atoms with van der Waals surface area (Å²) in [6.07, 6.45) is -2.67. The minimum Gasteiger partial charge on any atom is -0.391 e. The zero-order chi connectivity index (χ0) is 16.7. The minimum atomic E-state index is -1.47. The first-order valence-electron chi connectivity index (χ1n) is 6.39. The number of rotatable bonds is 5. The largest absolute Gasteiger partial charge is 0.391 e. The molecule has 0 saturated carbocycles. The maximum absolute atomic E-state index is 11.7. The molecular formula is C13H18N4O5. The van der Waals surface area contributed by atoms with E-state index in [0.29, 0.717) is 5.56 Å². The summed E-state index contributed by atoms with van der Waals surface area (Å²) in [5.41, 5.74) is 9.27. The van der Waals surface area contributed by atoms with Crippen molar-refractivity contribution in [2.45, 2.75) is 25.2 Å². The summed E-state index contributed by atoms with van der Waals surface area (Å²) in [6, 6.07) is 5.83. The Morgan fingerprint density at radius 1 is 1.09 bits per heavy atom. The van der Waals surface area contributed by atoms with Crippen LogP contribution < -0.4 is 21.9 Å². The average molecular weight is 310 g/mol. The van der Waals surface area contributed by atoms with Gasteiger partial charge in [-0.25, -0.2) is 10.2 Å². The number of amides is 4. The van der Waals surface area contributed by atoms with Crippen LogP contribution in [0.3, 0.4) is 0 Å². The van der Waals surface area contributed by atoms with E-state index in [2.05, 4.69) is 5.32 Å². The molecule has 0 saturated heterocycles. The number of nitrogens with one attached hydrogen (secondary N) is 3. The van der Waals surface area contributed by atoms with Gasteiger partial charge in [-0.1, -0.05) is 30.3 Å². The summed E-state index contributed by atoms with van der Waals surface area (Å²) in [5.74, 6) is -1.80. The standard InChI is InChI=1S/C13H18N4O5/c1-7(18)9(11(14)20)15-13(22)17-16-12(21)10(19)8-5-3-2-4-6-8/h2-7,9-10,18-19H,1H3,(H2,14,20)(H,16,21)(H2,15,17,22)/t7?,9?,10-/m1/s1. The van der Waals surface area contributed by atoms with E-state index >= 15 is 0 Å². The van der Waals surface area contributed by atoms with Crippen molar-refractivity contribution in [2.24, 2.45) is 5.73 Å². The molecule has 1 rings (SSSR count). The van der Waals surface area contributed by atoms with Gasteiger partial charge in [0.25, 0.3) is 5.91 Å². The van der Waals surface area contributed by atoms with E-state index in [-0.39, 0.29) is 0 Å². The number of primary amides is 1. The molecule has 0 heterocycles. The summed E-state index contributed by atoms with van der Waals surface area (Å²) in [4.78, 5) is 34.1. The van der Waals surface area contributed by atoms with Crippen LogP contribution >= 0.6 is 0 Å². The highest BCUT2D eigenvalue weighted by molar-refractivity contribution is 5.88. The number of hydrazine groups is 1. The van der Waals surface area contributed by atoms with Crippen molar-refractivity contribution in [2.75, 3.05) is 0 Å². The average Bonchev–Trinajstić information content (AvgIpc) is 2.49. The van der Waals surface area contributed by atoms with Gasteiger partial charge in [-0.3, -0.25) is 15.0 Å². The molecule has 0 spiro atoms. The monoisotopic (exact) mass is 310 g/mol. The normalized spacial score (nSPS) is 14.3. The summed E-state index contributed by atoms with van der Waals surface area (Å²) < 4.78 is 0. The van der Waals surface area contributed by atoms with Gasteiger partial charge in [0.2, 0.25) is 5.91 Å². The zero-order valence-electron chi connectivity index (χ0n) is 11.8. The zero-order valence-corrected chi connectivity index (χ0v) is 11.8. The Balaban J connectivity index is 2.50. The second-order valence-electron chi connectivity index (χ2n) is 4.52. The van der Waals surface area contributed by atoms with E-state index in [1.807, 2.05) is 10.9 Å². The smallest absolute Gasteiger partial charge is 0.334 e. The third-order valence-electron chi connectivity index (χ3n) is 2.74. The topological polar surface area (TPSA) is 154 Å². The molecule has 120 valence electrons. The van der Waals surface area contributed by atoms with Crippen molar-refractivity contribution in [1.82, 2.24) is 16.2 Å². The maximum Gasteiger partial charge on any atom is 0.334 e. The van der Waals surface area contributed by atoms with Crippen molar-refractivity contribution in [3.8, 4) is 0 Å². The fraction of sp³-hybridized carbons (Fsp3) is 0.308. The molecule has 0 aromatic heterocycles. The molecule has 1 aromatic rings. The van der Waals surface area contributed by atoms with Gasteiger partial charge in [-0.15, -0.1) is 0 Å². The van der Waals surface area contributed by atoms with Crippen molar-refractivity contribution < 1.29 is 24.6 Å². The quantitative estimate of drug-likeness (QED) is 0.357. The van der Waals surface area contributed by atoms with Gasteiger partial charge in [0.1, 0.15) is 6.04 Å². The fourth-order valence-electron chi connectivity index (χ4n) is 1.58. The Kier molecular flexibility index (Phi) is 6.29. The first-order chi connectivity index (χ1) is 10.3. The van der Waals surface area contributed by atoms with E-state index in [1.54, 1.807) is 30.3 Å². The van der Waals surface area contributed by atoms with Crippen LogP contribution in [0.1, 0.15) is 18.6 Å². The van der Waals surface area contributed by atoms with E-state index in [1.165, 1.54) is 6.92 Å². The molecule has 7 N–H and O–H groups in total. The highest BCUT2D eigenvalue weighted by Gasteiger charge is 2.24. The van der Waals surface area contributed by atoms with Crippen LogP contribution in [-0.4, -0.2) is 40.2 Å². The molecule has 0 bridgehead atoms. The first kappa shape index (κ1) is 17.4. The van der Waals surface area contributed by atoms with Crippen LogP contribution in [0.15, 0.2) is 30.3 Å². The number of carbonyl (C=O) groups is 3. The number of aliphatic hydroxyl groups excluding tert-OH is 2. The summed E-state index contributed by atoms with van der Waals surface area (Å²) in [5, 5.41) is 21.1. The van der Waals surface area contributed by atoms with Crippen LogP contribution in [-0.2, 0) is 9.59 Å². The number of benzene rings is 1. The minimum absolute atomic E-state index is 0.348. The predicted molar refractivity (Wildman–Crippen MR) is 75.9 cm³/mol. The molecular weight excluding hydrogens is 292 g/mol. The summed E-state index contributed by atoms with van der Waals surface area (Å²) >= 11 is 0. The second kappa shape index (κ2) is 7.96.